The van der Waals surface area contributed by atoms with Gasteiger partial charge < -0.3 is 20.3 Å². The maximum absolute atomic E-state index is 14.3. The van der Waals surface area contributed by atoms with E-state index in [1.54, 1.807) is 0 Å². The Balaban J connectivity index is 1.36. The molecule has 2 aromatic rings. The number of rotatable bonds is 9. The van der Waals surface area contributed by atoms with Gasteiger partial charge in [-0.3, -0.25) is 4.79 Å². The number of aliphatic imine (C=N–C) groups is 1. The molecule has 2 N–H and O–H groups in total. The number of hydrogen-bond acceptors (Lipinski definition) is 7. The van der Waals surface area contributed by atoms with Gasteiger partial charge in [0, 0.05) is 27.3 Å². The fourth-order valence-corrected chi connectivity index (χ4v) is 8.22. The molecule has 242 valence electrons. The van der Waals surface area contributed by atoms with Crippen molar-refractivity contribution in [2.45, 2.75) is 96.9 Å². The first kappa shape index (κ1) is 33.8. The fraction of sp³-hybridized carbons (Fsp3) is 0.514. The summed E-state index contributed by atoms with van der Waals surface area (Å²) in [5.74, 6) is 0.406. The van der Waals surface area contributed by atoms with E-state index in [1.807, 2.05) is 71.0 Å². The van der Waals surface area contributed by atoms with E-state index in [4.69, 9.17) is 32.9 Å². The maximum Gasteiger partial charge on any atom is 0.407 e. The lowest BCUT2D eigenvalue weighted by atomic mass is 9.79. The second-order valence-corrected chi connectivity index (χ2v) is 16.3. The van der Waals surface area contributed by atoms with Gasteiger partial charge in [0.2, 0.25) is 0 Å². The van der Waals surface area contributed by atoms with Crippen LogP contribution in [0.4, 0.5) is 4.79 Å². The number of Topliss-reactive ketones (excluding diaryl/α,β-unsaturated/α-hetero) is 1. The molecule has 5 rings (SSSR count). The van der Waals surface area contributed by atoms with E-state index in [1.165, 1.54) is 11.8 Å². The molecule has 45 heavy (non-hydrogen) atoms. The number of benzene rings is 2. The predicted octanol–water partition coefficient (Wildman–Crippen LogP) is 8.48. The number of nitrogens with zero attached hydrogens (tertiary/aromatic N) is 2. The predicted molar refractivity (Wildman–Crippen MR) is 185 cm³/mol. The highest BCUT2D eigenvalue weighted by atomic mass is 35.5. The number of fused-ring (bicyclic) bond motifs is 1. The van der Waals surface area contributed by atoms with Crippen molar-refractivity contribution in [3.8, 4) is 0 Å². The van der Waals surface area contributed by atoms with Crippen molar-refractivity contribution in [2.75, 3.05) is 6.61 Å². The Hall–Kier alpha value is -2.52. The number of thioether (sulfide) groups is 1. The van der Waals surface area contributed by atoms with E-state index >= 15 is 0 Å². The minimum absolute atomic E-state index is 0.0561. The summed E-state index contributed by atoms with van der Waals surface area (Å²) in [6, 6.07) is 15.8. The van der Waals surface area contributed by atoms with Gasteiger partial charge in [-0.05, 0) is 113 Å². The number of hydrogen-bond donors (Lipinski definition) is 2. The molecule has 3 aliphatic rings. The maximum atomic E-state index is 14.3. The molecule has 1 aliphatic carbocycles. The number of alkyl carbamates (subject to hydrolysis) is 1. The van der Waals surface area contributed by atoms with Gasteiger partial charge >= 0.3 is 6.09 Å². The van der Waals surface area contributed by atoms with Gasteiger partial charge in [-0.15, -0.1) is 0 Å². The minimum Gasteiger partial charge on any atom is -0.449 e. The smallest absolute Gasteiger partial charge is 0.407 e. The highest BCUT2D eigenvalue weighted by Crippen LogP contribution is 2.56. The Morgan fingerprint density at radius 2 is 1.60 bits per heavy atom. The van der Waals surface area contributed by atoms with Crippen molar-refractivity contribution < 1.29 is 14.3 Å². The van der Waals surface area contributed by atoms with Crippen molar-refractivity contribution in [2.24, 2.45) is 16.8 Å². The number of allylic oxidation sites excluding steroid dienone is 1. The van der Waals surface area contributed by atoms with Gasteiger partial charge in [0.1, 0.15) is 5.54 Å². The van der Waals surface area contributed by atoms with E-state index in [2.05, 4.69) is 48.4 Å². The first-order valence-electron chi connectivity index (χ1n) is 15.6. The van der Waals surface area contributed by atoms with Gasteiger partial charge in [-0.2, -0.15) is 0 Å². The molecular weight excluding hydrogens is 627 g/mol. The standard InChI is InChI=1S/C35H44Cl2N4O3S/c1-20(2)27-28(30(42)34(6,7)38-26-17-21(18-26)19-44-32(43)40-33(3,4)5)45-31-39-35(8,23-11-15-25(37)16-12-23)29(41(27)31)22-9-13-24(36)14-10-22/h9-16,20-21,26,29,38H,17-19H2,1-8H3,(H,40,43)/t21?,26?,29-,35+/m1/s1. The minimum atomic E-state index is -0.794. The van der Waals surface area contributed by atoms with Crippen LogP contribution in [0.15, 0.2) is 64.1 Å². The van der Waals surface area contributed by atoms with E-state index < -0.39 is 17.2 Å². The Kier molecular flexibility index (Phi) is 9.46. The highest BCUT2D eigenvalue weighted by Gasteiger charge is 2.54. The molecule has 2 heterocycles. The number of nitrogens with one attached hydrogen (secondary N) is 2. The molecule has 1 amide bonds. The summed E-state index contributed by atoms with van der Waals surface area (Å²) in [7, 11) is 0. The lowest BCUT2D eigenvalue weighted by Crippen LogP contribution is -2.56. The van der Waals surface area contributed by atoms with E-state index in [0.29, 0.717) is 16.7 Å². The van der Waals surface area contributed by atoms with Crippen LogP contribution >= 0.6 is 35.0 Å². The van der Waals surface area contributed by atoms with Gasteiger partial charge in [0.05, 0.1) is 23.1 Å². The molecular formula is C35H44Cl2N4O3S. The van der Waals surface area contributed by atoms with Gasteiger partial charge in [-0.1, -0.05) is 61.3 Å². The third-order valence-electron chi connectivity index (χ3n) is 8.67. The fourth-order valence-electron chi connectivity index (χ4n) is 6.46. The van der Waals surface area contributed by atoms with E-state index in [-0.39, 0.29) is 35.2 Å². The molecule has 1 fully saturated rings. The molecule has 1 saturated carbocycles. The quantitative estimate of drug-likeness (QED) is 0.278. The number of amidine groups is 1. The van der Waals surface area contributed by atoms with Crippen LogP contribution < -0.4 is 10.6 Å². The topological polar surface area (TPSA) is 83.0 Å². The van der Waals surface area contributed by atoms with Crippen molar-refractivity contribution in [1.29, 1.82) is 0 Å². The molecule has 0 aromatic heterocycles. The van der Waals surface area contributed by atoms with Crippen LogP contribution in [0.1, 0.15) is 85.4 Å². The largest absolute Gasteiger partial charge is 0.449 e. The second-order valence-electron chi connectivity index (χ2n) is 14.5. The number of halogens is 2. The highest BCUT2D eigenvalue weighted by molar-refractivity contribution is 8.18. The number of carbonyl (C=O) groups is 2. The summed E-state index contributed by atoms with van der Waals surface area (Å²) in [4.78, 5) is 34.7. The lowest BCUT2D eigenvalue weighted by Gasteiger charge is -2.41. The Morgan fingerprint density at radius 3 is 2.16 bits per heavy atom. The summed E-state index contributed by atoms with van der Waals surface area (Å²) in [6.07, 6.45) is 1.30. The van der Waals surface area contributed by atoms with E-state index in [9.17, 15) is 9.59 Å². The third kappa shape index (κ3) is 7.09. The second kappa shape index (κ2) is 12.6. The summed E-state index contributed by atoms with van der Waals surface area (Å²) in [5.41, 5.74) is 1.36. The zero-order valence-corrected chi connectivity index (χ0v) is 29.7. The van der Waals surface area contributed by atoms with Crippen LogP contribution in [-0.2, 0) is 15.1 Å². The number of ether oxygens (including phenoxy) is 1. The molecule has 7 nitrogen and oxygen atoms in total. The molecule has 0 radical (unpaired) electrons. The van der Waals surface area contributed by atoms with Crippen LogP contribution in [0, 0.1) is 11.8 Å². The zero-order valence-electron chi connectivity index (χ0n) is 27.3. The van der Waals surface area contributed by atoms with E-state index in [0.717, 1.165) is 39.7 Å². The summed E-state index contributed by atoms with van der Waals surface area (Å²) >= 11 is 14.0. The molecule has 10 heteroatoms. The number of carbonyl (C=O) groups excluding carboxylic acids is 2. The third-order valence-corrected chi connectivity index (χ3v) is 10.2. The number of amides is 1. The summed E-state index contributed by atoms with van der Waals surface area (Å²) in [5, 5.41) is 8.60. The Bertz CT molecular complexity index is 1510. The summed E-state index contributed by atoms with van der Waals surface area (Å²) in [6.45, 7) is 16.5. The lowest BCUT2D eigenvalue weighted by molar-refractivity contribution is -0.120. The molecule has 0 saturated heterocycles. The first-order chi connectivity index (χ1) is 21.0. The van der Waals surface area contributed by atoms with Crippen molar-refractivity contribution >= 4 is 52.0 Å². The zero-order chi connectivity index (χ0) is 32.9. The van der Waals surface area contributed by atoms with Gasteiger partial charge in [-0.25, -0.2) is 9.79 Å². The van der Waals surface area contributed by atoms with Crippen LogP contribution in [-0.4, -0.2) is 45.7 Å². The van der Waals surface area contributed by atoms with Crippen molar-refractivity contribution in [1.82, 2.24) is 15.5 Å². The monoisotopic (exact) mass is 670 g/mol. The average Bonchev–Trinajstić information content (AvgIpc) is 3.41. The van der Waals surface area contributed by atoms with Crippen molar-refractivity contribution in [3.63, 3.8) is 0 Å². The van der Waals surface area contributed by atoms with Gasteiger partial charge in [0.15, 0.2) is 11.0 Å². The Labute approximate surface area is 281 Å². The normalized spacial score (nSPS) is 24.8. The molecule has 0 bridgehead atoms. The van der Waals surface area contributed by atoms with Crippen LogP contribution in [0.25, 0.3) is 0 Å². The Morgan fingerprint density at radius 1 is 1.02 bits per heavy atom. The van der Waals surface area contributed by atoms with Crippen LogP contribution in [0.5, 0.6) is 0 Å². The summed E-state index contributed by atoms with van der Waals surface area (Å²) < 4.78 is 5.43. The first-order valence-corrected chi connectivity index (χ1v) is 17.2. The van der Waals surface area contributed by atoms with Crippen LogP contribution in [0.3, 0.4) is 0 Å². The average molecular weight is 672 g/mol. The van der Waals surface area contributed by atoms with Crippen LogP contribution in [0.2, 0.25) is 10.0 Å². The molecule has 2 aromatic carbocycles. The molecule has 2 aliphatic heterocycles. The van der Waals surface area contributed by atoms with Gasteiger partial charge in [0.25, 0.3) is 0 Å². The molecule has 0 spiro atoms. The SMILES string of the molecule is CC(C)C1=C(C(=O)C(C)(C)NC2CC(COC(=O)NC(C)(C)C)C2)SC2=N[C@@](C)(c3ccc(Cl)cc3)[C@@H](c3ccc(Cl)cc3)N21. The number of ketones is 1. The molecule has 0 unspecified atom stereocenters. The van der Waals surface area contributed by atoms with Crippen molar-refractivity contribution in [3.05, 3.63) is 80.3 Å². The molecule has 2 atom stereocenters.